The van der Waals surface area contributed by atoms with Gasteiger partial charge in [0.1, 0.15) is 5.82 Å². The Hall–Kier alpha value is -2.99. The van der Waals surface area contributed by atoms with E-state index in [9.17, 15) is 14.0 Å². The van der Waals surface area contributed by atoms with Crippen LogP contribution in [0, 0.1) is 5.82 Å². The van der Waals surface area contributed by atoms with Gasteiger partial charge in [0, 0.05) is 23.0 Å². The minimum atomic E-state index is -0.571. The number of nitrogens with one attached hydrogen (secondary N) is 1. The van der Waals surface area contributed by atoms with E-state index in [1.165, 1.54) is 41.2 Å². The third kappa shape index (κ3) is 3.33. The minimum Gasteiger partial charge on any atom is -0.302 e. The van der Waals surface area contributed by atoms with Crippen molar-refractivity contribution in [3.05, 3.63) is 87.7 Å². The fourth-order valence-corrected chi connectivity index (χ4v) is 2.33. The molecule has 3 rings (SSSR count). The van der Waals surface area contributed by atoms with E-state index >= 15 is 0 Å². The maximum atomic E-state index is 13.3. The van der Waals surface area contributed by atoms with Gasteiger partial charge in [-0.05, 0) is 36.4 Å². The zero-order valence-electron chi connectivity index (χ0n) is 12.2. The summed E-state index contributed by atoms with van der Waals surface area (Å²) in [5.41, 5.74) is 0.0593. The Kier molecular flexibility index (Phi) is 4.39. The van der Waals surface area contributed by atoms with Crippen LogP contribution in [0.25, 0.3) is 5.69 Å². The molecule has 0 aliphatic heterocycles. The van der Waals surface area contributed by atoms with Crippen LogP contribution in [-0.4, -0.2) is 15.5 Å². The fourth-order valence-electron chi connectivity index (χ4n) is 2.14. The largest absolute Gasteiger partial charge is 0.302 e. The van der Waals surface area contributed by atoms with Gasteiger partial charge in [0.25, 0.3) is 11.5 Å². The number of anilines is 1. The Morgan fingerprint density at radius 2 is 1.96 bits per heavy atom. The molecule has 2 aromatic carbocycles. The monoisotopic (exact) mass is 343 g/mol. The number of hydrogen-bond acceptors (Lipinski definition) is 3. The lowest BCUT2D eigenvalue weighted by molar-refractivity contribution is 0.102. The summed E-state index contributed by atoms with van der Waals surface area (Å²) in [6, 6.07) is 11.9. The van der Waals surface area contributed by atoms with Crippen LogP contribution in [-0.2, 0) is 0 Å². The molecule has 0 atom stereocenters. The van der Waals surface area contributed by atoms with Gasteiger partial charge in [-0.25, -0.2) is 9.37 Å². The highest BCUT2D eigenvalue weighted by Gasteiger charge is 2.12. The number of carbonyl (C=O) groups excluding carboxylic acids is 1. The SMILES string of the molecule is O=C(Nc1nccn(-c2cccc(F)c2)c1=O)c1cccc(Cl)c1. The molecule has 1 heterocycles. The first-order valence-corrected chi connectivity index (χ1v) is 7.33. The van der Waals surface area contributed by atoms with Crippen molar-refractivity contribution >= 4 is 23.3 Å². The van der Waals surface area contributed by atoms with Gasteiger partial charge in [-0.3, -0.25) is 14.2 Å². The maximum Gasteiger partial charge on any atom is 0.298 e. The summed E-state index contributed by atoms with van der Waals surface area (Å²) in [7, 11) is 0. The Labute approximate surface area is 141 Å². The molecule has 0 bridgehead atoms. The summed E-state index contributed by atoms with van der Waals surface area (Å²) in [6.45, 7) is 0. The summed E-state index contributed by atoms with van der Waals surface area (Å²) in [5.74, 6) is -1.15. The van der Waals surface area contributed by atoms with E-state index in [0.717, 1.165) is 0 Å². The molecular weight excluding hydrogens is 333 g/mol. The summed E-state index contributed by atoms with van der Waals surface area (Å²) in [4.78, 5) is 28.5. The maximum absolute atomic E-state index is 13.3. The second-order valence-corrected chi connectivity index (χ2v) is 5.33. The molecule has 0 fully saturated rings. The number of hydrogen-bond donors (Lipinski definition) is 1. The zero-order valence-corrected chi connectivity index (χ0v) is 13.0. The minimum absolute atomic E-state index is 0.160. The first-order valence-electron chi connectivity index (χ1n) is 6.95. The second-order valence-electron chi connectivity index (χ2n) is 4.90. The van der Waals surface area contributed by atoms with Crippen LogP contribution in [0.4, 0.5) is 10.2 Å². The topological polar surface area (TPSA) is 64.0 Å². The predicted octanol–water partition coefficient (Wildman–Crippen LogP) is 3.28. The van der Waals surface area contributed by atoms with E-state index in [1.807, 2.05) is 0 Å². The molecular formula is C17H11ClFN3O2. The molecule has 5 nitrogen and oxygen atoms in total. The fraction of sp³-hybridized carbons (Fsp3) is 0. The van der Waals surface area contributed by atoms with Crippen molar-refractivity contribution in [3.8, 4) is 5.69 Å². The van der Waals surface area contributed by atoms with Crippen LogP contribution in [0.1, 0.15) is 10.4 Å². The van der Waals surface area contributed by atoms with E-state index in [0.29, 0.717) is 16.3 Å². The molecule has 0 aliphatic rings. The van der Waals surface area contributed by atoms with E-state index in [-0.39, 0.29) is 5.82 Å². The predicted molar refractivity (Wildman–Crippen MR) is 89.2 cm³/mol. The average Bonchev–Trinajstić information content (AvgIpc) is 2.56. The van der Waals surface area contributed by atoms with E-state index in [4.69, 9.17) is 11.6 Å². The molecule has 24 heavy (non-hydrogen) atoms. The Bertz CT molecular complexity index is 972. The lowest BCUT2D eigenvalue weighted by Crippen LogP contribution is -2.26. The van der Waals surface area contributed by atoms with Crippen LogP contribution in [0.3, 0.4) is 0 Å². The highest BCUT2D eigenvalue weighted by molar-refractivity contribution is 6.31. The van der Waals surface area contributed by atoms with Crippen molar-refractivity contribution < 1.29 is 9.18 Å². The Balaban J connectivity index is 1.94. The molecule has 1 aromatic heterocycles. The molecule has 0 saturated carbocycles. The number of carbonyl (C=O) groups is 1. The number of rotatable bonds is 3. The standard InChI is InChI=1S/C17H11ClFN3O2/c18-12-4-1-3-11(9-12)16(23)21-15-17(24)22(8-7-20-15)14-6-2-5-13(19)10-14/h1-10H,(H,20,21,23). The normalized spacial score (nSPS) is 10.4. The molecule has 0 aliphatic carbocycles. The van der Waals surface area contributed by atoms with Gasteiger partial charge >= 0.3 is 0 Å². The summed E-state index contributed by atoms with van der Waals surface area (Å²) in [5, 5.41) is 2.85. The van der Waals surface area contributed by atoms with Crippen molar-refractivity contribution in [2.24, 2.45) is 0 Å². The van der Waals surface area contributed by atoms with Crippen molar-refractivity contribution in [2.75, 3.05) is 5.32 Å². The van der Waals surface area contributed by atoms with Gasteiger partial charge in [0.15, 0.2) is 5.82 Å². The average molecular weight is 344 g/mol. The molecule has 7 heteroatoms. The molecule has 120 valence electrons. The summed E-state index contributed by atoms with van der Waals surface area (Å²) >= 11 is 5.85. The molecule has 0 radical (unpaired) electrons. The van der Waals surface area contributed by atoms with Crippen molar-refractivity contribution in [1.82, 2.24) is 9.55 Å². The third-order valence-corrected chi connectivity index (χ3v) is 3.48. The van der Waals surface area contributed by atoms with Crippen LogP contribution < -0.4 is 10.9 Å². The molecule has 3 aromatic rings. The molecule has 0 unspecified atom stereocenters. The molecule has 1 amide bonds. The summed E-state index contributed by atoms with van der Waals surface area (Å²) in [6.07, 6.45) is 2.74. The van der Waals surface area contributed by atoms with Crippen LogP contribution in [0.5, 0.6) is 0 Å². The number of amides is 1. The van der Waals surface area contributed by atoms with Crippen LogP contribution in [0.15, 0.2) is 65.7 Å². The lowest BCUT2D eigenvalue weighted by atomic mass is 10.2. The number of nitrogens with zero attached hydrogens (tertiary/aromatic N) is 2. The van der Waals surface area contributed by atoms with E-state index in [2.05, 4.69) is 10.3 Å². The van der Waals surface area contributed by atoms with Gasteiger partial charge < -0.3 is 5.32 Å². The molecule has 0 spiro atoms. The zero-order chi connectivity index (χ0) is 17.1. The highest BCUT2D eigenvalue weighted by atomic mass is 35.5. The van der Waals surface area contributed by atoms with E-state index in [1.54, 1.807) is 24.3 Å². The van der Waals surface area contributed by atoms with Gasteiger partial charge in [0.2, 0.25) is 0 Å². The third-order valence-electron chi connectivity index (χ3n) is 3.25. The van der Waals surface area contributed by atoms with Gasteiger partial charge in [-0.15, -0.1) is 0 Å². The quantitative estimate of drug-likeness (QED) is 0.793. The van der Waals surface area contributed by atoms with Crippen LogP contribution >= 0.6 is 11.6 Å². The first kappa shape index (κ1) is 15.9. The van der Waals surface area contributed by atoms with Gasteiger partial charge in [-0.1, -0.05) is 23.7 Å². The van der Waals surface area contributed by atoms with Crippen molar-refractivity contribution in [3.63, 3.8) is 0 Å². The lowest BCUT2D eigenvalue weighted by Gasteiger charge is -2.08. The smallest absolute Gasteiger partial charge is 0.298 e. The van der Waals surface area contributed by atoms with Crippen molar-refractivity contribution in [2.45, 2.75) is 0 Å². The van der Waals surface area contributed by atoms with Crippen molar-refractivity contribution in [1.29, 1.82) is 0 Å². The Morgan fingerprint density at radius 3 is 2.71 bits per heavy atom. The summed E-state index contributed by atoms with van der Waals surface area (Å²) < 4.78 is 14.5. The number of aromatic nitrogens is 2. The van der Waals surface area contributed by atoms with Gasteiger partial charge in [-0.2, -0.15) is 0 Å². The van der Waals surface area contributed by atoms with Crippen LogP contribution in [0.2, 0.25) is 5.02 Å². The van der Waals surface area contributed by atoms with Gasteiger partial charge in [0.05, 0.1) is 5.69 Å². The Morgan fingerprint density at radius 1 is 1.17 bits per heavy atom. The highest BCUT2D eigenvalue weighted by Crippen LogP contribution is 2.12. The molecule has 0 saturated heterocycles. The molecule has 1 N–H and O–H groups in total. The second kappa shape index (κ2) is 6.64. The van der Waals surface area contributed by atoms with E-state index < -0.39 is 17.3 Å². The first-order chi connectivity index (χ1) is 11.5. The number of benzene rings is 2. The number of halogens is 2.